The van der Waals surface area contributed by atoms with Crippen molar-refractivity contribution in [3.8, 4) is 0 Å². The molecule has 0 atom stereocenters. The molecule has 2 aromatic rings. The largest absolute Gasteiger partial charge is 0.444 e. The Labute approximate surface area is 230 Å². The Bertz CT molecular complexity index is 1160. The number of ether oxygens (including phenoxy) is 2. The number of nitrogens with zero attached hydrogens (tertiary/aromatic N) is 1. The molecule has 3 amide bonds. The first-order chi connectivity index (χ1) is 17.6. The van der Waals surface area contributed by atoms with E-state index in [1.807, 2.05) is 18.2 Å². The fourth-order valence-electron chi connectivity index (χ4n) is 3.20. The molecule has 1 heterocycles. The quantitative estimate of drug-likeness (QED) is 0.155. The van der Waals surface area contributed by atoms with Gasteiger partial charge in [0.2, 0.25) is 11.7 Å². The summed E-state index contributed by atoms with van der Waals surface area (Å²) in [4.78, 5) is 56.2. The van der Waals surface area contributed by atoms with Crippen molar-refractivity contribution < 1.29 is 28.7 Å². The summed E-state index contributed by atoms with van der Waals surface area (Å²) >= 11 is 3.40. The number of aromatic amines is 1. The summed E-state index contributed by atoms with van der Waals surface area (Å²) in [6, 6.07) is 5.67. The second kappa shape index (κ2) is 13.4. The number of fused-ring (bicyclic) bond motifs is 1. The molecular weight excluding hydrogens is 558 g/mol. The number of carbonyl (C=O) groups is 4. The monoisotopic (exact) mass is 593 g/mol. The molecule has 1 aromatic carbocycles. The van der Waals surface area contributed by atoms with E-state index in [1.165, 1.54) is 0 Å². The second-order valence-electron chi connectivity index (χ2n) is 10.6. The number of rotatable bonds is 8. The molecule has 0 unspecified atom stereocenters. The number of halogens is 1. The highest BCUT2D eigenvalue weighted by Crippen LogP contribution is 2.22. The summed E-state index contributed by atoms with van der Waals surface area (Å²) < 4.78 is 11.3. The number of nitrogens with one attached hydrogen (secondary N) is 4. The van der Waals surface area contributed by atoms with Crippen LogP contribution in [0.1, 0.15) is 59.9 Å². The van der Waals surface area contributed by atoms with Crippen molar-refractivity contribution in [2.24, 2.45) is 4.99 Å². The number of hydrogen-bond donors (Lipinski definition) is 4. The number of aromatic nitrogens is 1. The number of Topliss-reactive ketones (excluding diaryl/α,β-unsaturated/α-hetero) is 1. The SMILES string of the molecule is CC(C)(C)OC(=O)NC(=NCCCCNC(=O)C(=O)Cc1c[nH]c2cc(Br)ccc12)NC(=O)OC(C)(C)C. The molecule has 0 bridgehead atoms. The predicted octanol–water partition coefficient (Wildman–Crippen LogP) is 4.34. The van der Waals surface area contributed by atoms with Gasteiger partial charge in [-0.05, 0) is 72.1 Å². The van der Waals surface area contributed by atoms with E-state index >= 15 is 0 Å². The lowest BCUT2D eigenvalue weighted by molar-refractivity contribution is -0.137. The van der Waals surface area contributed by atoms with Gasteiger partial charge in [0.1, 0.15) is 11.2 Å². The predicted molar refractivity (Wildman–Crippen MR) is 148 cm³/mol. The molecule has 208 valence electrons. The molecule has 0 saturated carbocycles. The number of carbonyl (C=O) groups excluding carboxylic acids is 4. The van der Waals surface area contributed by atoms with Crippen LogP contribution in [0, 0.1) is 0 Å². The molecule has 12 heteroatoms. The van der Waals surface area contributed by atoms with Gasteiger partial charge in [0.25, 0.3) is 5.91 Å². The van der Waals surface area contributed by atoms with E-state index in [2.05, 4.69) is 41.9 Å². The first-order valence-corrected chi connectivity index (χ1v) is 13.0. The molecule has 0 fully saturated rings. The maximum absolute atomic E-state index is 12.4. The van der Waals surface area contributed by atoms with Crippen LogP contribution in [0.5, 0.6) is 0 Å². The maximum atomic E-state index is 12.4. The van der Waals surface area contributed by atoms with E-state index in [9.17, 15) is 19.2 Å². The normalized spacial score (nSPS) is 11.4. The van der Waals surface area contributed by atoms with Crippen LogP contribution in [0.2, 0.25) is 0 Å². The Morgan fingerprint density at radius 1 is 0.947 bits per heavy atom. The van der Waals surface area contributed by atoms with E-state index in [4.69, 9.17) is 9.47 Å². The third kappa shape index (κ3) is 11.3. The van der Waals surface area contributed by atoms with Gasteiger partial charge in [-0.25, -0.2) is 9.59 Å². The fourth-order valence-corrected chi connectivity index (χ4v) is 3.56. The minimum atomic E-state index is -0.777. The molecule has 0 aliphatic heterocycles. The van der Waals surface area contributed by atoms with Gasteiger partial charge in [0.05, 0.1) is 0 Å². The Balaban J connectivity index is 1.82. The molecule has 4 N–H and O–H groups in total. The average Bonchev–Trinajstić information content (AvgIpc) is 3.14. The highest BCUT2D eigenvalue weighted by molar-refractivity contribution is 9.10. The van der Waals surface area contributed by atoms with Gasteiger partial charge in [-0.3, -0.25) is 25.2 Å². The van der Waals surface area contributed by atoms with Crippen molar-refractivity contribution >= 4 is 56.7 Å². The van der Waals surface area contributed by atoms with Gasteiger partial charge in [0.15, 0.2) is 0 Å². The lowest BCUT2D eigenvalue weighted by Crippen LogP contribution is -2.47. The van der Waals surface area contributed by atoms with Crippen LogP contribution in [0.25, 0.3) is 10.9 Å². The highest BCUT2D eigenvalue weighted by Gasteiger charge is 2.21. The Morgan fingerprint density at radius 3 is 2.13 bits per heavy atom. The summed E-state index contributed by atoms with van der Waals surface area (Å²) in [7, 11) is 0. The number of H-pyrrole nitrogens is 1. The molecule has 1 aromatic heterocycles. The van der Waals surface area contributed by atoms with Gasteiger partial charge in [0, 0.05) is 41.1 Å². The van der Waals surface area contributed by atoms with Crippen LogP contribution >= 0.6 is 15.9 Å². The van der Waals surface area contributed by atoms with Crippen LogP contribution in [-0.2, 0) is 25.5 Å². The zero-order valence-corrected chi connectivity index (χ0v) is 24.2. The number of unbranched alkanes of at least 4 members (excludes halogenated alkanes) is 1. The molecule has 0 saturated heterocycles. The molecule has 0 aliphatic carbocycles. The van der Waals surface area contributed by atoms with Crippen LogP contribution in [0.3, 0.4) is 0 Å². The number of aliphatic imine (C=N–C) groups is 1. The van der Waals surface area contributed by atoms with E-state index < -0.39 is 35.1 Å². The van der Waals surface area contributed by atoms with Crippen molar-refractivity contribution in [3.63, 3.8) is 0 Å². The average molecular weight is 595 g/mol. The molecule has 2 rings (SSSR count). The van der Waals surface area contributed by atoms with Gasteiger partial charge >= 0.3 is 12.2 Å². The van der Waals surface area contributed by atoms with Crippen LogP contribution < -0.4 is 16.0 Å². The van der Waals surface area contributed by atoms with Crippen LogP contribution in [0.4, 0.5) is 9.59 Å². The molecule has 0 radical (unpaired) electrons. The van der Waals surface area contributed by atoms with Crippen molar-refractivity contribution in [2.75, 3.05) is 13.1 Å². The Morgan fingerprint density at radius 2 is 1.55 bits per heavy atom. The first kappa shape index (κ1) is 30.8. The smallest absolute Gasteiger partial charge is 0.414 e. The summed E-state index contributed by atoms with van der Waals surface area (Å²) in [6.45, 7) is 10.8. The summed E-state index contributed by atoms with van der Waals surface area (Å²) in [5.41, 5.74) is 0.166. The highest BCUT2D eigenvalue weighted by atomic mass is 79.9. The van der Waals surface area contributed by atoms with Crippen LogP contribution in [-0.4, -0.2) is 59.1 Å². The molecule has 11 nitrogen and oxygen atoms in total. The van der Waals surface area contributed by atoms with E-state index in [-0.39, 0.29) is 25.5 Å². The third-order valence-electron chi connectivity index (χ3n) is 4.71. The number of alkyl carbamates (subject to hydrolysis) is 2. The minimum Gasteiger partial charge on any atom is -0.444 e. The number of benzene rings is 1. The van der Waals surface area contributed by atoms with E-state index in [1.54, 1.807) is 47.7 Å². The topological polar surface area (TPSA) is 151 Å². The number of hydrogen-bond acceptors (Lipinski definition) is 7. The number of ketones is 1. The van der Waals surface area contributed by atoms with Crippen molar-refractivity contribution in [3.05, 3.63) is 34.4 Å². The summed E-state index contributed by atoms with van der Waals surface area (Å²) in [6.07, 6.45) is 1.21. The van der Waals surface area contributed by atoms with Gasteiger partial charge in [-0.2, -0.15) is 0 Å². The molecule has 0 spiro atoms. The number of guanidine groups is 1. The van der Waals surface area contributed by atoms with Crippen molar-refractivity contribution in [1.29, 1.82) is 0 Å². The number of amides is 3. The van der Waals surface area contributed by atoms with Gasteiger partial charge < -0.3 is 19.8 Å². The fraction of sp³-hybridized carbons (Fsp3) is 0.500. The summed E-state index contributed by atoms with van der Waals surface area (Å²) in [5, 5.41) is 8.33. The van der Waals surface area contributed by atoms with Crippen molar-refractivity contribution in [1.82, 2.24) is 20.9 Å². The first-order valence-electron chi connectivity index (χ1n) is 12.2. The van der Waals surface area contributed by atoms with Gasteiger partial charge in [-0.15, -0.1) is 0 Å². The zero-order valence-electron chi connectivity index (χ0n) is 22.6. The molecule has 0 aliphatic rings. The maximum Gasteiger partial charge on any atom is 0.414 e. The second-order valence-corrected chi connectivity index (χ2v) is 11.5. The van der Waals surface area contributed by atoms with Crippen molar-refractivity contribution in [2.45, 2.75) is 72.0 Å². The van der Waals surface area contributed by atoms with E-state index in [0.717, 1.165) is 20.9 Å². The van der Waals surface area contributed by atoms with E-state index in [0.29, 0.717) is 12.8 Å². The third-order valence-corrected chi connectivity index (χ3v) is 5.21. The standard InChI is InChI=1S/C26H36BrN5O6/c1-25(2,3)37-23(35)31-22(32-24(36)38-26(4,5)6)29-12-8-7-11-28-21(34)20(33)13-16-15-30-19-14-17(27)9-10-18(16)19/h9-10,14-15,30H,7-8,11-13H2,1-6H3,(H,28,34)(H2,29,31,32,35,36). The minimum absolute atomic E-state index is 0.00616. The molecule has 38 heavy (non-hydrogen) atoms. The Hall–Kier alpha value is -3.41. The van der Waals surface area contributed by atoms with Crippen LogP contribution in [0.15, 0.2) is 33.9 Å². The Kier molecular flexibility index (Phi) is 10.9. The van der Waals surface area contributed by atoms with Gasteiger partial charge in [-0.1, -0.05) is 22.0 Å². The lowest BCUT2D eigenvalue weighted by atomic mass is 10.1. The molecular formula is C26H36BrN5O6. The summed E-state index contributed by atoms with van der Waals surface area (Å²) in [5.74, 6) is -1.30. The zero-order chi connectivity index (χ0) is 28.5. The lowest BCUT2D eigenvalue weighted by Gasteiger charge is -2.22.